The first-order valence-corrected chi connectivity index (χ1v) is 7.46. The molecule has 2 aromatic rings. The number of aromatic nitrogens is 2. The zero-order chi connectivity index (χ0) is 15.1. The van der Waals surface area contributed by atoms with E-state index in [0.717, 1.165) is 18.8 Å². The molecule has 4 nitrogen and oxygen atoms in total. The van der Waals surface area contributed by atoms with E-state index in [0.29, 0.717) is 18.9 Å². The third-order valence-electron chi connectivity index (χ3n) is 3.26. The molecule has 0 aliphatic carbocycles. The standard InChI is InChI=1S/C17H23N3O/c1-14(2)12-17(21)19-9-8-16-18-10-11-20(16)13-15-6-4-3-5-7-15/h3-7,10-11,14H,8-9,12-13H2,1-2H3,(H,19,21). The van der Waals surface area contributed by atoms with E-state index in [2.05, 4.69) is 27.0 Å². The third-order valence-corrected chi connectivity index (χ3v) is 3.26. The largest absolute Gasteiger partial charge is 0.356 e. The third kappa shape index (κ3) is 5.06. The molecule has 0 saturated heterocycles. The molecule has 0 fully saturated rings. The topological polar surface area (TPSA) is 46.9 Å². The Morgan fingerprint density at radius 2 is 2.05 bits per heavy atom. The fourth-order valence-corrected chi connectivity index (χ4v) is 2.25. The first-order chi connectivity index (χ1) is 10.1. The minimum atomic E-state index is 0.117. The molecule has 0 spiro atoms. The summed E-state index contributed by atoms with van der Waals surface area (Å²) in [5, 5.41) is 2.95. The van der Waals surface area contributed by atoms with E-state index >= 15 is 0 Å². The van der Waals surface area contributed by atoms with Crippen LogP contribution >= 0.6 is 0 Å². The van der Waals surface area contributed by atoms with E-state index in [4.69, 9.17) is 0 Å². The average molecular weight is 285 g/mol. The number of imidazole rings is 1. The van der Waals surface area contributed by atoms with Crippen molar-refractivity contribution in [3.8, 4) is 0 Å². The minimum absolute atomic E-state index is 0.117. The highest BCUT2D eigenvalue weighted by atomic mass is 16.1. The smallest absolute Gasteiger partial charge is 0.220 e. The molecule has 0 bridgehead atoms. The van der Waals surface area contributed by atoms with Crippen molar-refractivity contribution in [1.82, 2.24) is 14.9 Å². The van der Waals surface area contributed by atoms with Crippen LogP contribution < -0.4 is 5.32 Å². The fourth-order valence-electron chi connectivity index (χ4n) is 2.25. The number of carbonyl (C=O) groups excluding carboxylic acids is 1. The van der Waals surface area contributed by atoms with Crippen molar-refractivity contribution >= 4 is 5.91 Å². The molecule has 4 heteroatoms. The number of amides is 1. The predicted molar refractivity (Wildman–Crippen MR) is 83.9 cm³/mol. The Kier molecular flexibility index (Phi) is 5.55. The van der Waals surface area contributed by atoms with E-state index in [1.807, 2.05) is 44.4 Å². The molecule has 0 radical (unpaired) electrons. The molecule has 112 valence electrons. The van der Waals surface area contributed by atoms with Gasteiger partial charge in [-0.1, -0.05) is 44.2 Å². The number of nitrogens with zero attached hydrogens (tertiary/aromatic N) is 2. The normalized spacial score (nSPS) is 10.8. The summed E-state index contributed by atoms with van der Waals surface area (Å²) in [6.07, 6.45) is 5.13. The van der Waals surface area contributed by atoms with Crippen molar-refractivity contribution in [2.75, 3.05) is 6.54 Å². The predicted octanol–water partition coefficient (Wildman–Crippen LogP) is 2.64. The van der Waals surface area contributed by atoms with Crippen LogP contribution in [0.25, 0.3) is 0 Å². The molecule has 1 heterocycles. The summed E-state index contributed by atoms with van der Waals surface area (Å²) in [4.78, 5) is 16.0. The number of nitrogens with one attached hydrogen (secondary N) is 1. The number of benzene rings is 1. The van der Waals surface area contributed by atoms with E-state index in [1.54, 1.807) is 0 Å². The molecule has 0 unspecified atom stereocenters. The van der Waals surface area contributed by atoms with Gasteiger partial charge in [-0.25, -0.2) is 4.98 Å². The number of hydrogen-bond acceptors (Lipinski definition) is 2. The van der Waals surface area contributed by atoms with E-state index in [-0.39, 0.29) is 5.91 Å². The molecular weight excluding hydrogens is 262 g/mol. The van der Waals surface area contributed by atoms with Crippen LogP contribution in [0.4, 0.5) is 0 Å². The van der Waals surface area contributed by atoms with E-state index in [1.165, 1.54) is 5.56 Å². The zero-order valence-electron chi connectivity index (χ0n) is 12.7. The van der Waals surface area contributed by atoms with Gasteiger partial charge in [0, 0.05) is 38.3 Å². The van der Waals surface area contributed by atoms with Crippen molar-refractivity contribution in [3.63, 3.8) is 0 Å². The summed E-state index contributed by atoms with van der Waals surface area (Å²) in [6.45, 7) is 5.55. The molecule has 2 rings (SSSR count). The van der Waals surface area contributed by atoms with Crippen LogP contribution in [0.3, 0.4) is 0 Å². The van der Waals surface area contributed by atoms with Crippen LogP contribution in [0, 0.1) is 5.92 Å². The maximum Gasteiger partial charge on any atom is 0.220 e. The first kappa shape index (κ1) is 15.3. The Labute approximate surface area is 126 Å². The van der Waals surface area contributed by atoms with Gasteiger partial charge in [0.1, 0.15) is 5.82 Å². The Morgan fingerprint density at radius 1 is 1.29 bits per heavy atom. The summed E-state index contributed by atoms with van der Waals surface area (Å²) >= 11 is 0. The van der Waals surface area contributed by atoms with E-state index < -0.39 is 0 Å². The molecular formula is C17H23N3O. The lowest BCUT2D eigenvalue weighted by molar-refractivity contribution is -0.121. The summed E-state index contributed by atoms with van der Waals surface area (Å²) in [5.74, 6) is 1.51. The van der Waals surface area contributed by atoms with Gasteiger partial charge >= 0.3 is 0 Å². The minimum Gasteiger partial charge on any atom is -0.356 e. The van der Waals surface area contributed by atoms with Crippen molar-refractivity contribution < 1.29 is 4.79 Å². The van der Waals surface area contributed by atoms with Gasteiger partial charge in [0.15, 0.2) is 0 Å². The second-order valence-electron chi connectivity index (χ2n) is 5.65. The van der Waals surface area contributed by atoms with Crippen molar-refractivity contribution in [3.05, 3.63) is 54.1 Å². The lowest BCUT2D eigenvalue weighted by atomic mass is 10.1. The molecule has 0 saturated carbocycles. The SMILES string of the molecule is CC(C)CC(=O)NCCc1nccn1Cc1ccccc1. The molecule has 1 aromatic heterocycles. The lowest BCUT2D eigenvalue weighted by Gasteiger charge is -2.09. The monoisotopic (exact) mass is 285 g/mol. The molecule has 1 N–H and O–H groups in total. The maximum atomic E-state index is 11.6. The van der Waals surface area contributed by atoms with Crippen molar-refractivity contribution in [2.45, 2.75) is 33.2 Å². The highest BCUT2D eigenvalue weighted by Crippen LogP contribution is 2.06. The van der Waals surface area contributed by atoms with Crippen LogP contribution in [-0.2, 0) is 17.8 Å². The fraction of sp³-hybridized carbons (Fsp3) is 0.412. The van der Waals surface area contributed by atoms with Gasteiger partial charge in [0.05, 0.1) is 0 Å². The van der Waals surface area contributed by atoms with Gasteiger partial charge in [-0.15, -0.1) is 0 Å². The van der Waals surface area contributed by atoms with Gasteiger partial charge < -0.3 is 9.88 Å². The van der Waals surface area contributed by atoms with Crippen molar-refractivity contribution in [1.29, 1.82) is 0 Å². The van der Waals surface area contributed by atoms with Gasteiger partial charge in [-0.3, -0.25) is 4.79 Å². The van der Waals surface area contributed by atoms with Crippen molar-refractivity contribution in [2.24, 2.45) is 5.92 Å². The van der Waals surface area contributed by atoms with Crippen LogP contribution in [-0.4, -0.2) is 22.0 Å². The zero-order valence-corrected chi connectivity index (χ0v) is 12.7. The van der Waals surface area contributed by atoms with Gasteiger partial charge in [0.25, 0.3) is 0 Å². The summed E-state index contributed by atoms with van der Waals surface area (Å²) < 4.78 is 2.13. The lowest BCUT2D eigenvalue weighted by Crippen LogP contribution is -2.27. The van der Waals surface area contributed by atoms with Crippen LogP contribution in [0.15, 0.2) is 42.7 Å². The van der Waals surface area contributed by atoms with E-state index in [9.17, 15) is 4.79 Å². The van der Waals surface area contributed by atoms with Crippen LogP contribution in [0.1, 0.15) is 31.7 Å². The second kappa shape index (κ2) is 7.62. The summed E-state index contributed by atoms with van der Waals surface area (Å²) in [7, 11) is 0. The molecule has 0 atom stereocenters. The van der Waals surface area contributed by atoms with Gasteiger partial charge in [-0.05, 0) is 11.5 Å². The number of rotatable bonds is 7. The Morgan fingerprint density at radius 3 is 2.76 bits per heavy atom. The number of hydrogen-bond donors (Lipinski definition) is 1. The molecule has 1 amide bonds. The molecule has 0 aliphatic heterocycles. The van der Waals surface area contributed by atoms with Crippen LogP contribution in [0.2, 0.25) is 0 Å². The Hall–Kier alpha value is -2.10. The molecule has 21 heavy (non-hydrogen) atoms. The quantitative estimate of drug-likeness (QED) is 0.850. The average Bonchev–Trinajstić information content (AvgIpc) is 2.86. The van der Waals surface area contributed by atoms with Crippen LogP contribution in [0.5, 0.6) is 0 Å². The molecule has 0 aliphatic rings. The second-order valence-corrected chi connectivity index (χ2v) is 5.65. The summed E-state index contributed by atoms with van der Waals surface area (Å²) in [5.41, 5.74) is 1.25. The number of carbonyl (C=O) groups is 1. The van der Waals surface area contributed by atoms with Gasteiger partial charge in [0.2, 0.25) is 5.91 Å². The maximum absolute atomic E-state index is 11.6. The highest BCUT2D eigenvalue weighted by Gasteiger charge is 2.06. The summed E-state index contributed by atoms with van der Waals surface area (Å²) in [6, 6.07) is 10.3. The molecule has 1 aromatic carbocycles. The Bertz CT molecular complexity index is 560. The Balaban J connectivity index is 1.85. The van der Waals surface area contributed by atoms with Gasteiger partial charge in [-0.2, -0.15) is 0 Å². The highest BCUT2D eigenvalue weighted by molar-refractivity contribution is 5.76. The first-order valence-electron chi connectivity index (χ1n) is 7.46.